The van der Waals surface area contributed by atoms with Crippen LogP contribution in [0, 0.1) is 0 Å². The van der Waals surface area contributed by atoms with Crippen LogP contribution in [0.2, 0.25) is 0 Å². The first-order valence-electron chi connectivity index (χ1n) is 8.11. The third-order valence-electron chi connectivity index (χ3n) is 4.03. The molecule has 3 aromatic rings. The molecule has 0 aliphatic heterocycles. The van der Waals surface area contributed by atoms with Crippen LogP contribution in [0.4, 0.5) is 0 Å². The number of nitrogens with one attached hydrogen (secondary N) is 1. The van der Waals surface area contributed by atoms with Crippen molar-refractivity contribution in [1.29, 1.82) is 0 Å². The molecule has 25 heavy (non-hydrogen) atoms. The molecule has 1 N–H and O–H groups in total. The van der Waals surface area contributed by atoms with Crippen LogP contribution in [-0.2, 0) is 13.1 Å². The summed E-state index contributed by atoms with van der Waals surface area (Å²) in [7, 11) is 0. The quantitative estimate of drug-likeness (QED) is 0.651. The van der Waals surface area contributed by atoms with Gasteiger partial charge < -0.3 is 14.3 Å². The van der Waals surface area contributed by atoms with Gasteiger partial charge in [-0.15, -0.1) is 10.2 Å². The first kappa shape index (κ1) is 16.1. The van der Waals surface area contributed by atoms with E-state index >= 15 is 0 Å². The van der Waals surface area contributed by atoms with Gasteiger partial charge in [0.15, 0.2) is 5.76 Å². The van der Waals surface area contributed by atoms with Gasteiger partial charge >= 0.3 is 0 Å². The lowest BCUT2D eigenvalue weighted by Gasteiger charge is -2.06. The van der Waals surface area contributed by atoms with Crippen molar-refractivity contribution in [2.75, 3.05) is 6.54 Å². The second-order valence-electron chi connectivity index (χ2n) is 6.03. The van der Waals surface area contributed by atoms with Gasteiger partial charge in [-0.3, -0.25) is 9.48 Å². The van der Waals surface area contributed by atoms with Crippen molar-refractivity contribution in [2.24, 2.45) is 0 Å². The first-order valence-corrected chi connectivity index (χ1v) is 8.91. The molecule has 1 aliphatic rings. The maximum Gasteiger partial charge on any atom is 0.287 e. The van der Waals surface area contributed by atoms with Gasteiger partial charge in [-0.1, -0.05) is 0 Å². The van der Waals surface area contributed by atoms with Crippen molar-refractivity contribution >= 4 is 21.8 Å². The number of halogens is 1. The average Bonchev–Trinajstić information content (AvgIpc) is 2.98. The molecule has 1 amide bonds. The molecule has 0 aromatic carbocycles. The molecule has 0 radical (unpaired) electrons. The van der Waals surface area contributed by atoms with Gasteiger partial charge in [-0.05, 0) is 40.9 Å². The van der Waals surface area contributed by atoms with Crippen molar-refractivity contribution in [2.45, 2.75) is 31.8 Å². The minimum atomic E-state index is -0.228. The number of carbonyl (C=O) groups excluding carboxylic acids is 1. The summed E-state index contributed by atoms with van der Waals surface area (Å²) in [4.78, 5) is 12.2. The number of furan rings is 1. The lowest BCUT2D eigenvalue weighted by molar-refractivity contribution is 0.0922. The molecule has 8 nitrogen and oxygen atoms in total. The Labute approximate surface area is 152 Å². The Balaban J connectivity index is 1.30. The Morgan fingerprint density at radius 3 is 3.04 bits per heavy atom. The fourth-order valence-corrected chi connectivity index (χ4v) is 2.97. The van der Waals surface area contributed by atoms with Gasteiger partial charge in [0.1, 0.15) is 17.9 Å². The van der Waals surface area contributed by atoms with Crippen LogP contribution < -0.4 is 5.32 Å². The number of rotatable bonds is 7. The largest absolute Gasteiger partial charge is 0.454 e. The second-order valence-corrected chi connectivity index (χ2v) is 6.95. The van der Waals surface area contributed by atoms with Crippen molar-refractivity contribution in [1.82, 2.24) is 29.9 Å². The number of hydrogen-bond acceptors (Lipinski definition) is 5. The van der Waals surface area contributed by atoms with Crippen molar-refractivity contribution < 1.29 is 9.21 Å². The summed E-state index contributed by atoms with van der Waals surface area (Å²) < 4.78 is 10.2. The Kier molecular flexibility index (Phi) is 4.39. The zero-order valence-corrected chi connectivity index (χ0v) is 15.0. The van der Waals surface area contributed by atoms with E-state index in [4.69, 9.17) is 4.42 Å². The molecule has 0 unspecified atom stereocenters. The highest BCUT2D eigenvalue weighted by Crippen LogP contribution is 2.38. The summed E-state index contributed by atoms with van der Waals surface area (Å²) in [6, 6.07) is 3.47. The number of carbonyl (C=O) groups is 1. The number of hydrogen-bond donors (Lipinski definition) is 1. The van der Waals surface area contributed by atoms with E-state index in [-0.39, 0.29) is 5.91 Å². The molecule has 0 atom stereocenters. The molecule has 0 bridgehead atoms. The van der Waals surface area contributed by atoms with Gasteiger partial charge in [-0.2, -0.15) is 5.10 Å². The second kappa shape index (κ2) is 6.83. The third kappa shape index (κ3) is 3.81. The maximum absolute atomic E-state index is 12.2. The van der Waals surface area contributed by atoms with Crippen molar-refractivity contribution in [3.8, 4) is 0 Å². The number of amides is 1. The lowest BCUT2D eigenvalue weighted by atomic mass is 10.4. The van der Waals surface area contributed by atoms with E-state index in [1.54, 1.807) is 29.3 Å². The minimum Gasteiger partial charge on any atom is -0.454 e. The molecule has 4 rings (SSSR count). The van der Waals surface area contributed by atoms with Gasteiger partial charge in [0.05, 0.1) is 17.2 Å². The van der Waals surface area contributed by atoms with E-state index in [0.717, 1.165) is 10.3 Å². The molecule has 0 saturated heterocycles. The Bertz CT molecular complexity index is 879. The molecular formula is C16H17BrN6O2. The molecule has 1 fully saturated rings. The summed E-state index contributed by atoms with van der Waals surface area (Å²) in [6.07, 6.45) is 7.61. The van der Waals surface area contributed by atoms with E-state index in [0.29, 0.717) is 37.1 Å². The summed E-state index contributed by atoms with van der Waals surface area (Å²) in [6.45, 7) is 1.63. The predicted octanol–water partition coefficient (Wildman–Crippen LogP) is 2.19. The van der Waals surface area contributed by atoms with E-state index < -0.39 is 0 Å². The normalized spacial score (nSPS) is 14.0. The van der Waals surface area contributed by atoms with Crippen LogP contribution in [0.15, 0.2) is 39.7 Å². The zero-order valence-electron chi connectivity index (χ0n) is 13.4. The van der Waals surface area contributed by atoms with Gasteiger partial charge in [0.25, 0.3) is 5.91 Å². The smallest absolute Gasteiger partial charge is 0.287 e. The average molecular weight is 405 g/mol. The predicted molar refractivity (Wildman–Crippen MR) is 92.1 cm³/mol. The summed E-state index contributed by atoms with van der Waals surface area (Å²) in [5, 5.41) is 15.1. The van der Waals surface area contributed by atoms with Crippen LogP contribution in [0.3, 0.4) is 0 Å². The number of nitrogens with zero attached hydrogens (tertiary/aromatic N) is 5. The molecular weight excluding hydrogens is 388 g/mol. The third-order valence-corrected chi connectivity index (χ3v) is 4.44. The fraction of sp³-hybridized carbons (Fsp3) is 0.375. The van der Waals surface area contributed by atoms with E-state index in [1.807, 2.05) is 10.8 Å². The fourth-order valence-electron chi connectivity index (χ4n) is 2.64. The van der Waals surface area contributed by atoms with Gasteiger partial charge in [0.2, 0.25) is 0 Å². The molecule has 0 spiro atoms. The SMILES string of the molecule is O=C(NCCn1cnnc1C1CC1)c1ccc(Cn2cc(Br)cn2)o1. The van der Waals surface area contributed by atoms with Crippen molar-refractivity contribution in [3.63, 3.8) is 0 Å². The van der Waals surface area contributed by atoms with Crippen LogP contribution in [0.5, 0.6) is 0 Å². The summed E-state index contributed by atoms with van der Waals surface area (Å²) >= 11 is 3.35. The Hall–Kier alpha value is -2.42. The molecule has 1 aliphatic carbocycles. The zero-order chi connectivity index (χ0) is 17.2. The maximum atomic E-state index is 12.2. The minimum absolute atomic E-state index is 0.228. The van der Waals surface area contributed by atoms with Crippen LogP contribution >= 0.6 is 15.9 Å². The summed E-state index contributed by atoms with van der Waals surface area (Å²) in [5.41, 5.74) is 0. The van der Waals surface area contributed by atoms with E-state index in [1.165, 1.54) is 12.8 Å². The van der Waals surface area contributed by atoms with Gasteiger partial charge in [-0.25, -0.2) is 0 Å². The Morgan fingerprint density at radius 1 is 1.40 bits per heavy atom. The molecule has 9 heteroatoms. The molecule has 3 heterocycles. The van der Waals surface area contributed by atoms with Crippen molar-refractivity contribution in [3.05, 3.63) is 52.7 Å². The first-order chi connectivity index (χ1) is 12.2. The molecule has 1 saturated carbocycles. The van der Waals surface area contributed by atoms with E-state index in [2.05, 4.69) is 36.5 Å². The van der Waals surface area contributed by atoms with E-state index in [9.17, 15) is 4.79 Å². The van der Waals surface area contributed by atoms with Crippen LogP contribution in [0.1, 0.15) is 40.9 Å². The van der Waals surface area contributed by atoms with Crippen LogP contribution in [0.25, 0.3) is 0 Å². The highest BCUT2D eigenvalue weighted by molar-refractivity contribution is 9.10. The monoisotopic (exact) mass is 404 g/mol. The summed E-state index contributed by atoms with van der Waals surface area (Å²) in [5.74, 6) is 2.30. The highest BCUT2D eigenvalue weighted by atomic mass is 79.9. The number of aromatic nitrogens is 5. The highest BCUT2D eigenvalue weighted by Gasteiger charge is 2.28. The Morgan fingerprint density at radius 2 is 2.28 bits per heavy atom. The van der Waals surface area contributed by atoms with Crippen LogP contribution in [-0.4, -0.2) is 37.0 Å². The molecule has 3 aromatic heterocycles. The van der Waals surface area contributed by atoms with Gasteiger partial charge in [0, 0.05) is 25.2 Å². The molecule has 130 valence electrons. The topological polar surface area (TPSA) is 90.8 Å². The lowest BCUT2D eigenvalue weighted by Crippen LogP contribution is -2.27. The standard InChI is InChI=1S/C16H17BrN6O2/c17-12-7-20-23(8-12)9-13-3-4-14(25-13)16(24)18-5-6-22-10-19-21-15(22)11-1-2-11/h3-4,7-8,10-11H,1-2,5-6,9H2,(H,18,24).